The summed E-state index contributed by atoms with van der Waals surface area (Å²) < 4.78 is 49.0. The van der Waals surface area contributed by atoms with Crippen molar-refractivity contribution in [3.63, 3.8) is 0 Å². The zero-order valence-corrected chi connectivity index (χ0v) is 14.8. The van der Waals surface area contributed by atoms with Gasteiger partial charge in [0, 0.05) is 0 Å². The van der Waals surface area contributed by atoms with Crippen molar-refractivity contribution in [3.05, 3.63) is 59.2 Å². The Bertz CT molecular complexity index is 839. The predicted molar refractivity (Wildman–Crippen MR) is 92.5 cm³/mol. The lowest BCUT2D eigenvalue weighted by Gasteiger charge is -2.19. The zero-order chi connectivity index (χ0) is 19.6. The van der Waals surface area contributed by atoms with Crippen LogP contribution in [-0.2, 0) is 6.18 Å². The highest BCUT2D eigenvalue weighted by Gasteiger charge is 2.30. The van der Waals surface area contributed by atoms with Crippen LogP contribution in [0.3, 0.4) is 0 Å². The molecule has 3 rings (SSSR count). The Balaban J connectivity index is 1.62. The van der Waals surface area contributed by atoms with Gasteiger partial charge in [0.25, 0.3) is 0 Å². The van der Waals surface area contributed by atoms with Crippen LogP contribution >= 0.6 is 0 Å². The molecule has 1 heterocycles. The maximum absolute atomic E-state index is 12.8. The van der Waals surface area contributed by atoms with E-state index in [9.17, 15) is 18.0 Å². The highest BCUT2D eigenvalue weighted by Crippen LogP contribution is 2.34. The quantitative estimate of drug-likeness (QED) is 0.818. The summed E-state index contributed by atoms with van der Waals surface area (Å²) in [4.78, 5) is 12.2. The molecule has 2 aromatic rings. The average Bonchev–Trinajstić information content (AvgIpc) is 3.08. The number of carbonyl (C=O) groups is 1. The predicted octanol–water partition coefficient (Wildman–Crippen LogP) is 4.56. The summed E-state index contributed by atoms with van der Waals surface area (Å²) in [6.45, 7) is 3.59. The van der Waals surface area contributed by atoms with Crippen molar-refractivity contribution in [2.45, 2.75) is 32.1 Å². The van der Waals surface area contributed by atoms with Crippen molar-refractivity contribution in [3.8, 4) is 11.5 Å². The Kier molecular flexibility index (Phi) is 5.16. The zero-order valence-electron chi connectivity index (χ0n) is 14.8. The average molecular weight is 380 g/mol. The largest absolute Gasteiger partial charge is 0.454 e. The van der Waals surface area contributed by atoms with Gasteiger partial charge in [0.2, 0.25) is 6.79 Å². The molecule has 5 nitrogen and oxygen atoms in total. The minimum absolute atomic E-state index is 0.162. The van der Waals surface area contributed by atoms with Crippen LogP contribution in [0.2, 0.25) is 0 Å². The van der Waals surface area contributed by atoms with Crippen molar-refractivity contribution in [1.82, 2.24) is 10.6 Å². The molecule has 2 unspecified atom stereocenters. The molecule has 27 heavy (non-hydrogen) atoms. The molecular weight excluding hydrogens is 361 g/mol. The Morgan fingerprint density at radius 3 is 2.26 bits per heavy atom. The SMILES string of the molecule is CC(NC(=O)NC(C)c1ccc2c(c1)OCO2)c1cccc(C(F)(F)F)c1. The first-order valence-corrected chi connectivity index (χ1v) is 8.38. The summed E-state index contributed by atoms with van der Waals surface area (Å²) in [5.74, 6) is 1.26. The summed E-state index contributed by atoms with van der Waals surface area (Å²) in [6.07, 6.45) is -4.42. The number of nitrogens with one attached hydrogen (secondary N) is 2. The minimum atomic E-state index is -4.42. The van der Waals surface area contributed by atoms with Crippen LogP contribution in [0.1, 0.15) is 42.6 Å². The molecule has 1 aliphatic rings. The standard InChI is InChI=1S/C19H19F3N2O3/c1-11(13-4-3-5-15(8-13)19(20,21)22)23-18(25)24-12(2)14-6-7-16-17(9-14)27-10-26-16/h3-9,11-12H,10H2,1-2H3,(H2,23,24,25). The highest BCUT2D eigenvalue weighted by molar-refractivity contribution is 5.75. The van der Waals surface area contributed by atoms with E-state index in [2.05, 4.69) is 10.6 Å². The molecule has 2 atom stereocenters. The van der Waals surface area contributed by atoms with E-state index in [1.807, 2.05) is 6.07 Å². The number of carbonyl (C=O) groups excluding carboxylic acids is 1. The van der Waals surface area contributed by atoms with Crippen molar-refractivity contribution >= 4 is 6.03 Å². The molecule has 0 saturated carbocycles. The molecule has 2 amide bonds. The summed E-state index contributed by atoms with van der Waals surface area (Å²) in [5, 5.41) is 5.42. The fraction of sp³-hybridized carbons (Fsp3) is 0.316. The summed E-state index contributed by atoms with van der Waals surface area (Å²) in [5.41, 5.74) is 0.444. The third-order valence-corrected chi connectivity index (χ3v) is 4.31. The third kappa shape index (κ3) is 4.45. The molecular formula is C19H19F3N2O3. The molecule has 0 fully saturated rings. The minimum Gasteiger partial charge on any atom is -0.454 e. The number of ether oxygens (including phenoxy) is 2. The van der Waals surface area contributed by atoms with E-state index in [1.54, 1.807) is 32.0 Å². The lowest BCUT2D eigenvalue weighted by Crippen LogP contribution is -2.38. The molecule has 0 saturated heterocycles. The molecule has 144 valence electrons. The first-order valence-electron chi connectivity index (χ1n) is 8.38. The number of halogens is 3. The fourth-order valence-corrected chi connectivity index (χ4v) is 2.77. The van der Waals surface area contributed by atoms with Gasteiger partial charge in [0.05, 0.1) is 17.6 Å². The van der Waals surface area contributed by atoms with Gasteiger partial charge in [0.1, 0.15) is 0 Å². The smallest absolute Gasteiger partial charge is 0.416 e. The third-order valence-electron chi connectivity index (χ3n) is 4.31. The molecule has 0 aliphatic carbocycles. The molecule has 2 aromatic carbocycles. The van der Waals surface area contributed by atoms with Gasteiger partial charge < -0.3 is 20.1 Å². The summed E-state index contributed by atoms with van der Waals surface area (Å²) >= 11 is 0. The van der Waals surface area contributed by atoms with E-state index >= 15 is 0 Å². The van der Waals surface area contributed by atoms with E-state index in [1.165, 1.54) is 6.07 Å². The van der Waals surface area contributed by atoms with Crippen LogP contribution in [0.15, 0.2) is 42.5 Å². The number of fused-ring (bicyclic) bond motifs is 1. The molecule has 0 aromatic heterocycles. The van der Waals surface area contributed by atoms with Crippen molar-refractivity contribution in [2.75, 3.05) is 6.79 Å². The number of benzene rings is 2. The molecule has 1 aliphatic heterocycles. The number of urea groups is 1. The van der Waals surface area contributed by atoms with Crippen LogP contribution in [0, 0.1) is 0 Å². The van der Waals surface area contributed by atoms with Crippen LogP contribution in [0.5, 0.6) is 11.5 Å². The van der Waals surface area contributed by atoms with Gasteiger partial charge >= 0.3 is 12.2 Å². The van der Waals surface area contributed by atoms with Crippen molar-refractivity contribution in [1.29, 1.82) is 0 Å². The Morgan fingerprint density at radius 2 is 1.59 bits per heavy atom. The van der Waals surface area contributed by atoms with E-state index in [4.69, 9.17) is 9.47 Å². The normalized spacial score (nSPS) is 15.1. The van der Waals surface area contributed by atoms with Gasteiger partial charge in [-0.15, -0.1) is 0 Å². The maximum Gasteiger partial charge on any atom is 0.416 e. The number of amides is 2. The number of hydrogen-bond donors (Lipinski definition) is 2. The highest BCUT2D eigenvalue weighted by atomic mass is 19.4. The second-order valence-electron chi connectivity index (χ2n) is 6.30. The van der Waals surface area contributed by atoms with Crippen LogP contribution < -0.4 is 20.1 Å². The van der Waals surface area contributed by atoms with E-state index in [-0.39, 0.29) is 12.8 Å². The second-order valence-corrected chi connectivity index (χ2v) is 6.30. The first kappa shape index (κ1) is 18.9. The molecule has 0 bridgehead atoms. The second kappa shape index (κ2) is 7.38. The fourth-order valence-electron chi connectivity index (χ4n) is 2.77. The van der Waals surface area contributed by atoms with Crippen LogP contribution in [-0.4, -0.2) is 12.8 Å². The lowest BCUT2D eigenvalue weighted by atomic mass is 10.0. The maximum atomic E-state index is 12.8. The number of rotatable bonds is 4. The molecule has 2 N–H and O–H groups in total. The summed E-state index contributed by atoms with van der Waals surface area (Å²) in [7, 11) is 0. The van der Waals surface area contributed by atoms with Gasteiger partial charge in [-0.2, -0.15) is 13.2 Å². The molecule has 0 spiro atoms. The van der Waals surface area contributed by atoms with Gasteiger partial charge in [-0.25, -0.2) is 4.79 Å². The molecule has 0 radical (unpaired) electrons. The number of hydrogen-bond acceptors (Lipinski definition) is 3. The van der Waals surface area contributed by atoms with E-state index in [0.29, 0.717) is 17.1 Å². The number of alkyl halides is 3. The first-order chi connectivity index (χ1) is 12.7. The Morgan fingerprint density at radius 1 is 0.963 bits per heavy atom. The van der Waals surface area contributed by atoms with Crippen molar-refractivity contribution in [2.24, 2.45) is 0 Å². The van der Waals surface area contributed by atoms with Crippen LogP contribution in [0.4, 0.5) is 18.0 Å². The van der Waals surface area contributed by atoms with Crippen molar-refractivity contribution < 1.29 is 27.4 Å². The lowest BCUT2D eigenvalue weighted by molar-refractivity contribution is -0.137. The summed E-state index contributed by atoms with van der Waals surface area (Å²) in [6, 6.07) is 8.86. The van der Waals surface area contributed by atoms with Gasteiger partial charge in [-0.05, 0) is 49.2 Å². The monoisotopic (exact) mass is 380 g/mol. The van der Waals surface area contributed by atoms with Gasteiger partial charge in [0.15, 0.2) is 11.5 Å². The topological polar surface area (TPSA) is 59.6 Å². The Hall–Kier alpha value is -2.90. The Labute approximate surface area is 154 Å². The van der Waals surface area contributed by atoms with Crippen LogP contribution in [0.25, 0.3) is 0 Å². The molecule has 8 heteroatoms. The van der Waals surface area contributed by atoms with E-state index < -0.39 is 23.8 Å². The van der Waals surface area contributed by atoms with Gasteiger partial charge in [-0.1, -0.05) is 18.2 Å². The van der Waals surface area contributed by atoms with E-state index in [0.717, 1.165) is 17.7 Å². The van der Waals surface area contributed by atoms with Gasteiger partial charge in [-0.3, -0.25) is 0 Å².